The molecule has 4 nitrogen and oxygen atoms in total. The third-order valence-electron chi connectivity index (χ3n) is 4.09. The molecule has 4 heteroatoms. The van der Waals surface area contributed by atoms with Gasteiger partial charge in [-0.2, -0.15) is 0 Å². The molecule has 1 aliphatic rings. The highest BCUT2D eigenvalue weighted by molar-refractivity contribution is 5.60. The van der Waals surface area contributed by atoms with Crippen LogP contribution in [0, 0.1) is 0 Å². The van der Waals surface area contributed by atoms with Crippen LogP contribution in [0.15, 0.2) is 36.4 Å². The SMILES string of the molecule is COC(C)c1cccc(-c2ccc(N3CCCC3)nn2)c1. The predicted molar refractivity (Wildman–Crippen MR) is 84.3 cm³/mol. The number of anilines is 1. The molecule has 1 saturated heterocycles. The molecule has 2 aromatic rings. The largest absolute Gasteiger partial charge is 0.377 e. The van der Waals surface area contributed by atoms with Gasteiger partial charge >= 0.3 is 0 Å². The molecule has 1 aromatic heterocycles. The van der Waals surface area contributed by atoms with E-state index in [4.69, 9.17) is 4.74 Å². The maximum atomic E-state index is 5.37. The van der Waals surface area contributed by atoms with Gasteiger partial charge in [0.15, 0.2) is 5.82 Å². The van der Waals surface area contributed by atoms with Crippen molar-refractivity contribution in [2.24, 2.45) is 0 Å². The fourth-order valence-corrected chi connectivity index (χ4v) is 2.68. The molecule has 21 heavy (non-hydrogen) atoms. The van der Waals surface area contributed by atoms with Crippen molar-refractivity contribution in [3.8, 4) is 11.3 Å². The van der Waals surface area contributed by atoms with Crippen LogP contribution >= 0.6 is 0 Å². The smallest absolute Gasteiger partial charge is 0.151 e. The minimum absolute atomic E-state index is 0.0850. The minimum Gasteiger partial charge on any atom is -0.377 e. The number of aromatic nitrogens is 2. The molecular weight excluding hydrogens is 262 g/mol. The van der Waals surface area contributed by atoms with Gasteiger partial charge in [0.05, 0.1) is 11.8 Å². The summed E-state index contributed by atoms with van der Waals surface area (Å²) in [5.41, 5.74) is 3.14. The molecule has 2 heterocycles. The van der Waals surface area contributed by atoms with Crippen LogP contribution in [0.2, 0.25) is 0 Å². The van der Waals surface area contributed by atoms with Gasteiger partial charge in [0.1, 0.15) is 0 Å². The first-order valence-electron chi connectivity index (χ1n) is 7.50. The molecule has 1 fully saturated rings. The summed E-state index contributed by atoms with van der Waals surface area (Å²) in [5.74, 6) is 0.984. The van der Waals surface area contributed by atoms with Crippen LogP contribution in [0.1, 0.15) is 31.4 Å². The van der Waals surface area contributed by atoms with Gasteiger partial charge < -0.3 is 9.64 Å². The van der Waals surface area contributed by atoms with Crippen LogP contribution in [-0.2, 0) is 4.74 Å². The molecule has 0 aliphatic carbocycles. The second-order valence-electron chi connectivity index (χ2n) is 5.47. The monoisotopic (exact) mass is 283 g/mol. The van der Waals surface area contributed by atoms with Gasteiger partial charge in [-0.25, -0.2) is 0 Å². The summed E-state index contributed by atoms with van der Waals surface area (Å²) >= 11 is 0. The lowest BCUT2D eigenvalue weighted by molar-refractivity contribution is 0.119. The van der Waals surface area contributed by atoms with Crippen LogP contribution < -0.4 is 4.90 Å². The molecule has 1 unspecified atom stereocenters. The molecule has 0 bridgehead atoms. The summed E-state index contributed by atoms with van der Waals surface area (Å²) in [6, 6.07) is 12.4. The van der Waals surface area contributed by atoms with Gasteiger partial charge in [0, 0.05) is 25.8 Å². The van der Waals surface area contributed by atoms with E-state index in [9.17, 15) is 0 Å². The fraction of sp³-hybridized carbons (Fsp3) is 0.412. The van der Waals surface area contributed by atoms with Gasteiger partial charge in [-0.15, -0.1) is 10.2 Å². The molecule has 1 aromatic carbocycles. The second-order valence-corrected chi connectivity index (χ2v) is 5.47. The number of methoxy groups -OCH3 is 1. The lowest BCUT2D eigenvalue weighted by Crippen LogP contribution is -2.19. The third-order valence-corrected chi connectivity index (χ3v) is 4.09. The number of hydrogen-bond acceptors (Lipinski definition) is 4. The Morgan fingerprint density at radius 1 is 1.10 bits per heavy atom. The van der Waals surface area contributed by atoms with Crippen LogP contribution in [0.3, 0.4) is 0 Å². The topological polar surface area (TPSA) is 38.2 Å². The van der Waals surface area contributed by atoms with Gasteiger partial charge in [-0.05, 0) is 43.5 Å². The molecule has 1 atom stereocenters. The third kappa shape index (κ3) is 3.05. The highest BCUT2D eigenvalue weighted by Gasteiger charge is 2.14. The molecular formula is C17H21N3O. The van der Waals surface area contributed by atoms with Gasteiger partial charge in [-0.1, -0.05) is 18.2 Å². The Balaban J connectivity index is 1.83. The van der Waals surface area contributed by atoms with Crippen molar-refractivity contribution < 1.29 is 4.74 Å². The molecule has 3 rings (SSSR count). The number of benzene rings is 1. The van der Waals surface area contributed by atoms with Crippen molar-refractivity contribution in [1.82, 2.24) is 10.2 Å². The Labute approximate surface area is 125 Å². The first-order valence-corrected chi connectivity index (χ1v) is 7.50. The summed E-state index contributed by atoms with van der Waals surface area (Å²) in [6.07, 6.45) is 2.59. The van der Waals surface area contributed by atoms with E-state index in [0.29, 0.717) is 0 Å². The van der Waals surface area contributed by atoms with E-state index in [1.54, 1.807) is 7.11 Å². The van der Waals surface area contributed by atoms with Crippen molar-refractivity contribution >= 4 is 5.82 Å². The number of ether oxygens (including phenoxy) is 1. The Hall–Kier alpha value is -1.94. The van der Waals surface area contributed by atoms with E-state index in [2.05, 4.69) is 45.4 Å². The molecule has 110 valence electrons. The normalized spacial score (nSPS) is 16.2. The summed E-state index contributed by atoms with van der Waals surface area (Å²) in [7, 11) is 1.72. The zero-order valence-electron chi connectivity index (χ0n) is 12.6. The first-order chi connectivity index (χ1) is 10.3. The number of nitrogens with zero attached hydrogens (tertiary/aromatic N) is 3. The number of hydrogen-bond donors (Lipinski definition) is 0. The first kappa shape index (κ1) is 14.0. The van der Waals surface area contributed by atoms with E-state index >= 15 is 0 Å². The van der Waals surface area contributed by atoms with Crippen LogP contribution in [0.5, 0.6) is 0 Å². The summed E-state index contributed by atoms with van der Waals surface area (Å²) in [5, 5.41) is 8.76. The zero-order valence-corrected chi connectivity index (χ0v) is 12.6. The summed E-state index contributed by atoms with van der Waals surface area (Å²) in [4.78, 5) is 2.29. The van der Waals surface area contributed by atoms with E-state index in [1.165, 1.54) is 12.8 Å². The molecule has 0 saturated carbocycles. The molecule has 1 aliphatic heterocycles. The lowest BCUT2D eigenvalue weighted by Gasteiger charge is -2.15. The number of rotatable bonds is 4. The minimum atomic E-state index is 0.0850. The van der Waals surface area contributed by atoms with Crippen molar-refractivity contribution in [3.63, 3.8) is 0 Å². The highest BCUT2D eigenvalue weighted by Crippen LogP contribution is 2.24. The van der Waals surface area contributed by atoms with Gasteiger partial charge in [0.25, 0.3) is 0 Å². The predicted octanol–water partition coefficient (Wildman–Crippen LogP) is 3.45. The van der Waals surface area contributed by atoms with E-state index in [1.807, 2.05) is 13.0 Å². The second kappa shape index (κ2) is 6.22. The fourth-order valence-electron chi connectivity index (χ4n) is 2.68. The van der Waals surface area contributed by atoms with E-state index < -0.39 is 0 Å². The summed E-state index contributed by atoms with van der Waals surface area (Å²) < 4.78 is 5.37. The van der Waals surface area contributed by atoms with Crippen molar-refractivity contribution in [2.45, 2.75) is 25.9 Å². The molecule has 0 radical (unpaired) electrons. The lowest BCUT2D eigenvalue weighted by atomic mass is 10.0. The Morgan fingerprint density at radius 2 is 1.90 bits per heavy atom. The van der Waals surface area contributed by atoms with E-state index in [0.717, 1.165) is 35.7 Å². The van der Waals surface area contributed by atoms with Gasteiger partial charge in [0.2, 0.25) is 0 Å². The van der Waals surface area contributed by atoms with E-state index in [-0.39, 0.29) is 6.10 Å². The highest BCUT2D eigenvalue weighted by atomic mass is 16.5. The zero-order chi connectivity index (χ0) is 14.7. The Bertz CT molecular complexity index is 591. The molecule has 0 N–H and O–H groups in total. The van der Waals surface area contributed by atoms with Crippen molar-refractivity contribution in [1.29, 1.82) is 0 Å². The quantitative estimate of drug-likeness (QED) is 0.861. The van der Waals surface area contributed by atoms with Crippen LogP contribution in [0.25, 0.3) is 11.3 Å². The van der Waals surface area contributed by atoms with Crippen molar-refractivity contribution in [2.75, 3.05) is 25.1 Å². The Morgan fingerprint density at radius 3 is 2.57 bits per heavy atom. The maximum absolute atomic E-state index is 5.37. The van der Waals surface area contributed by atoms with Crippen LogP contribution in [0.4, 0.5) is 5.82 Å². The molecule has 0 amide bonds. The Kier molecular flexibility index (Phi) is 4.15. The molecule has 0 spiro atoms. The average molecular weight is 283 g/mol. The van der Waals surface area contributed by atoms with Crippen molar-refractivity contribution in [3.05, 3.63) is 42.0 Å². The standard InChI is InChI=1S/C17H21N3O/c1-13(21-2)14-6-5-7-15(12-14)16-8-9-17(19-18-16)20-10-3-4-11-20/h5-9,12-13H,3-4,10-11H2,1-2H3. The average Bonchev–Trinajstić information content (AvgIpc) is 3.09. The van der Waals surface area contributed by atoms with Gasteiger partial charge in [-0.3, -0.25) is 0 Å². The maximum Gasteiger partial charge on any atom is 0.151 e. The summed E-state index contributed by atoms with van der Waals surface area (Å²) in [6.45, 7) is 4.23. The van der Waals surface area contributed by atoms with Crippen LogP contribution in [-0.4, -0.2) is 30.4 Å².